The Morgan fingerprint density at radius 1 is 1.28 bits per heavy atom. The standard InChI is InChI=1S/C18H22N4O2S/c1-13(23)20-15(16-7-5-11-25-16)12-17(24)21-14-6-4-8-19-18(14)22-9-2-3-10-22/h4-8,11,15H,2-3,9-10,12H2,1H3,(H,20,23)(H,21,24)/t15-/m1/s1. The lowest BCUT2D eigenvalue weighted by atomic mass is 10.1. The van der Waals surface area contributed by atoms with Gasteiger partial charge in [-0.2, -0.15) is 0 Å². The van der Waals surface area contributed by atoms with E-state index in [0.717, 1.165) is 42.3 Å². The number of hydrogen-bond donors (Lipinski definition) is 2. The molecule has 1 atom stereocenters. The van der Waals surface area contributed by atoms with Crippen molar-refractivity contribution in [3.05, 3.63) is 40.7 Å². The van der Waals surface area contributed by atoms with Gasteiger partial charge in [0.05, 0.1) is 18.2 Å². The second kappa shape index (κ2) is 8.11. The number of anilines is 2. The molecule has 1 aliphatic heterocycles. The van der Waals surface area contributed by atoms with Gasteiger partial charge in [-0.15, -0.1) is 11.3 Å². The summed E-state index contributed by atoms with van der Waals surface area (Å²) in [5.74, 6) is 0.534. The van der Waals surface area contributed by atoms with Crippen LogP contribution in [0.3, 0.4) is 0 Å². The van der Waals surface area contributed by atoms with Gasteiger partial charge in [0.15, 0.2) is 5.82 Å². The van der Waals surface area contributed by atoms with E-state index in [1.54, 1.807) is 6.20 Å². The largest absolute Gasteiger partial charge is 0.355 e. The molecule has 2 aromatic rings. The summed E-state index contributed by atoms with van der Waals surface area (Å²) in [5.41, 5.74) is 0.724. The summed E-state index contributed by atoms with van der Waals surface area (Å²) >= 11 is 1.53. The second-order valence-electron chi connectivity index (χ2n) is 6.09. The Labute approximate surface area is 151 Å². The third-order valence-corrected chi connectivity index (χ3v) is 5.11. The van der Waals surface area contributed by atoms with Crippen LogP contribution in [-0.2, 0) is 9.59 Å². The molecule has 25 heavy (non-hydrogen) atoms. The van der Waals surface area contributed by atoms with Crippen LogP contribution >= 0.6 is 11.3 Å². The van der Waals surface area contributed by atoms with Crippen molar-refractivity contribution in [3.63, 3.8) is 0 Å². The smallest absolute Gasteiger partial charge is 0.226 e. The zero-order valence-electron chi connectivity index (χ0n) is 14.2. The number of aromatic nitrogens is 1. The third-order valence-electron chi connectivity index (χ3n) is 4.12. The van der Waals surface area contributed by atoms with Gasteiger partial charge in [0.2, 0.25) is 11.8 Å². The van der Waals surface area contributed by atoms with Gasteiger partial charge >= 0.3 is 0 Å². The number of nitrogens with one attached hydrogen (secondary N) is 2. The quantitative estimate of drug-likeness (QED) is 0.833. The molecule has 0 radical (unpaired) electrons. The maximum absolute atomic E-state index is 12.6. The molecule has 1 aliphatic rings. The summed E-state index contributed by atoms with van der Waals surface area (Å²) in [5, 5.41) is 7.76. The molecule has 0 saturated carbocycles. The lowest BCUT2D eigenvalue weighted by Crippen LogP contribution is -2.29. The van der Waals surface area contributed by atoms with E-state index in [0.29, 0.717) is 0 Å². The fraction of sp³-hybridized carbons (Fsp3) is 0.389. The van der Waals surface area contributed by atoms with Crippen LogP contribution in [0.1, 0.15) is 37.1 Å². The molecular formula is C18H22N4O2S. The Bertz CT molecular complexity index is 726. The van der Waals surface area contributed by atoms with Gasteiger partial charge in [-0.1, -0.05) is 6.07 Å². The first-order valence-electron chi connectivity index (χ1n) is 8.44. The van der Waals surface area contributed by atoms with Crippen molar-refractivity contribution in [2.75, 3.05) is 23.3 Å². The predicted octanol–water partition coefficient (Wildman–Crippen LogP) is 2.95. The molecule has 2 aromatic heterocycles. The highest BCUT2D eigenvalue weighted by Gasteiger charge is 2.21. The molecule has 3 heterocycles. The Balaban J connectivity index is 1.70. The number of hydrogen-bond acceptors (Lipinski definition) is 5. The van der Waals surface area contributed by atoms with Crippen molar-refractivity contribution in [2.24, 2.45) is 0 Å². The lowest BCUT2D eigenvalue weighted by molar-refractivity contribution is -0.120. The minimum atomic E-state index is -0.315. The summed E-state index contributed by atoms with van der Waals surface area (Å²) in [6, 6.07) is 7.22. The van der Waals surface area contributed by atoms with E-state index in [1.165, 1.54) is 18.3 Å². The molecular weight excluding hydrogens is 336 g/mol. The van der Waals surface area contributed by atoms with Gasteiger partial charge in [-0.05, 0) is 36.4 Å². The molecule has 7 heteroatoms. The predicted molar refractivity (Wildman–Crippen MR) is 99.8 cm³/mol. The SMILES string of the molecule is CC(=O)N[C@H](CC(=O)Nc1cccnc1N1CCCC1)c1cccs1. The molecule has 132 valence electrons. The highest BCUT2D eigenvalue weighted by molar-refractivity contribution is 7.10. The molecule has 0 spiro atoms. The highest BCUT2D eigenvalue weighted by atomic mass is 32.1. The Hall–Kier alpha value is -2.41. The van der Waals surface area contributed by atoms with Crippen molar-refractivity contribution in [1.29, 1.82) is 0 Å². The molecule has 0 aromatic carbocycles. The number of nitrogens with zero attached hydrogens (tertiary/aromatic N) is 2. The lowest BCUT2D eigenvalue weighted by Gasteiger charge is -2.21. The number of thiophene rings is 1. The first-order valence-corrected chi connectivity index (χ1v) is 9.32. The molecule has 0 unspecified atom stereocenters. The van der Waals surface area contributed by atoms with E-state index < -0.39 is 0 Å². The number of carbonyl (C=O) groups excluding carboxylic acids is 2. The fourth-order valence-corrected chi connectivity index (χ4v) is 3.80. The fourth-order valence-electron chi connectivity index (χ4n) is 3.02. The van der Waals surface area contributed by atoms with Crippen LogP contribution < -0.4 is 15.5 Å². The Morgan fingerprint density at radius 2 is 2.08 bits per heavy atom. The third kappa shape index (κ3) is 4.57. The zero-order chi connectivity index (χ0) is 17.6. The highest BCUT2D eigenvalue weighted by Crippen LogP contribution is 2.27. The van der Waals surface area contributed by atoms with Crippen molar-refractivity contribution < 1.29 is 9.59 Å². The van der Waals surface area contributed by atoms with Gasteiger partial charge in [-0.25, -0.2) is 4.98 Å². The Kier molecular flexibility index (Phi) is 5.65. The maximum atomic E-state index is 12.6. The average molecular weight is 358 g/mol. The first kappa shape index (κ1) is 17.4. The molecule has 0 bridgehead atoms. The van der Waals surface area contributed by atoms with E-state index in [2.05, 4.69) is 20.5 Å². The number of rotatable bonds is 6. The van der Waals surface area contributed by atoms with Crippen molar-refractivity contribution in [2.45, 2.75) is 32.2 Å². The van der Waals surface area contributed by atoms with E-state index >= 15 is 0 Å². The summed E-state index contributed by atoms with van der Waals surface area (Å²) in [4.78, 5) is 31.6. The van der Waals surface area contributed by atoms with Crippen LogP contribution in [0.2, 0.25) is 0 Å². The molecule has 1 fully saturated rings. The number of amides is 2. The van der Waals surface area contributed by atoms with Gasteiger partial charge in [0.25, 0.3) is 0 Å². The van der Waals surface area contributed by atoms with Crippen LogP contribution in [-0.4, -0.2) is 29.9 Å². The summed E-state index contributed by atoms with van der Waals surface area (Å²) in [6.45, 7) is 3.39. The van der Waals surface area contributed by atoms with E-state index in [4.69, 9.17) is 0 Å². The van der Waals surface area contributed by atoms with E-state index in [1.807, 2.05) is 29.6 Å². The molecule has 2 amide bonds. The van der Waals surface area contributed by atoms with Crippen molar-refractivity contribution >= 4 is 34.7 Å². The van der Waals surface area contributed by atoms with Crippen LogP contribution in [0.15, 0.2) is 35.8 Å². The average Bonchev–Trinajstić information content (AvgIpc) is 3.28. The zero-order valence-corrected chi connectivity index (χ0v) is 15.0. The molecule has 6 nitrogen and oxygen atoms in total. The second-order valence-corrected chi connectivity index (χ2v) is 7.07. The number of carbonyl (C=O) groups is 2. The minimum absolute atomic E-state index is 0.138. The maximum Gasteiger partial charge on any atom is 0.226 e. The van der Waals surface area contributed by atoms with Gasteiger partial charge in [-0.3, -0.25) is 9.59 Å². The van der Waals surface area contributed by atoms with Gasteiger partial charge in [0, 0.05) is 31.1 Å². The van der Waals surface area contributed by atoms with Crippen LogP contribution in [0.5, 0.6) is 0 Å². The van der Waals surface area contributed by atoms with Crippen LogP contribution in [0, 0.1) is 0 Å². The normalized spacial score (nSPS) is 15.0. The summed E-state index contributed by atoms with van der Waals surface area (Å²) in [7, 11) is 0. The van der Waals surface area contributed by atoms with E-state index in [9.17, 15) is 9.59 Å². The van der Waals surface area contributed by atoms with Crippen molar-refractivity contribution in [3.8, 4) is 0 Å². The topological polar surface area (TPSA) is 74.3 Å². The molecule has 2 N–H and O–H groups in total. The van der Waals surface area contributed by atoms with Crippen LogP contribution in [0.25, 0.3) is 0 Å². The molecule has 1 saturated heterocycles. The summed E-state index contributed by atoms with van der Waals surface area (Å²) in [6.07, 6.45) is 4.23. The minimum Gasteiger partial charge on any atom is -0.355 e. The monoisotopic (exact) mass is 358 g/mol. The van der Waals surface area contributed by atoms with Gasteiger partial charge in [0.1, 0.15) is 0 Å². The molecule has 0 aliphatic carbocycles. The first-order chi connectivity index (χ1) is 12.1. The summed E-state index contributed by atoms with van der Waals surface area (Å²) < 4.78 is 0. The van der Waals surface area contributed by atoms with Crippen molar-refractivity contribution in [1.82, 2.24) is 10.3 Å². The van der Waals surface area contributed by atoms with Gasteiger partial charge < -0.3 is 15.5 Å². The Morgan fingerprint density at radius 3 is 2.76 bits per heavy atom. The number of pyridine rings is 1. The van der Waals surface area contributed by atoms with Crippen LogP contribution in [0.4, 0.5) is 11.5 Å². The molecule has 3 rings (SSSR count). The van der Waals surface area contributed by atoms with E-state index in [-0.39, 0.29) is 24.3 Å².